The van der Waals surface area contributed by atoms with Crippen LogP contribution in [0.15, 0.2) is 42.5 Å². The number of carbonyl (C=O) groups excluding carboxylic acids is 1. The lowest BCUT2D eigenvalue weighted by Crippen LogP contribution is -2.07. The summed E-state index contributed by atoms with van der Waals surface area (Å²) in [7, 11) is 1.49. The second-order valence-electron chi connectivity index (χ2n) is 4.52. The molecule has 0 radical (unpaired) electrons. The van der Waals surface area contributed by atoms with Crippen molar-refractivity contribution >= 4 is 11.7 Å². The van der Waals surface area contributed by atoms with Gasteiger partial charge in [0.25, 0.3) is 0 Å². The summed E-state index contributed by atoms with van der Waals surface area (Å²) < 4.78 is 10.4. The Kier molecular flexibility index (Phi) is 4.25. The highest BCUT2D eigenvalue weighted by molar-refractivity contribution is 5.93. The third-order valence-corrected chi connectivity index (χ3v) is 2.94. The van der Waals surface area contributed by atoms with Gasteiger partial charge < -0.3 is 15.2 Å². The van der Waals surface area contributed by atoms with E-state index in [-0.39, 0.29) is 6.61 Å². The van der Waals surface area contributed by atoms with Crippen LogP contribution in [0.2, 0.25) is 0 Å². The van der Waals surface area contributed by atoms with Gasteiger partial charge in [-0.25, -0.2) is 4.79 Å². The minimum absolute atomic E-state index is 0.229. The second kappa shape index (κ2) is 6.10. The van der Waals surface area contributed by atoms with Crippen molar-refractivity contribution in [2.45, 2.75) is 13.5 Å². The van der Waals surface area contributed by atoms with Crippen molar-refractivity contribution in [3.8, 4) is 5.75 Å². The van der Waals surface area contributed by atoms with Crippen LogP contribution >= 0.6 is 0 Å². The van der Waals surface area contributed by atoms with Crippen molar-refractivity contribution in [2.75, 3.05) is 12.8 Å². The SMILES string of the molecule is COc1cc(N)ccc1C(=O)OCc1ccc(C)cc1. The van der Waals surface area contributed by atoms with Gasteiger partial charge in [0.2, 0.25) is 0 Å². The first-order chi connectivity index (χ1) is 9.60. The molecule has 0 heterocycles. The average Bonchev–Trinajstić information content (AvgIpc) is 2.46. The summed E-state index contributed by atoms with van der Waals surface area (Å²) in [6.07, 6.45) is 0. The molecule has 0 saturated carbocycles. The highest BCUT2D eigenvalue weighted by atomic mass is 16.5. The maximum absolute atomic E-state index is 12.0. The average molecular weight is 271 g/mol. The predicted molar refractivity (Wildman–Crippen MR) is 77.7 cm³/mol. The topological polar surface area (TPSA) is 61.5 Å². The minimum atomic E-state index is -0.428. The Balaban J connectivity index is 2.07. The number of esters is 1. The van der Waals surface area contributed by atoms with Crippen molar-refractivity contribution in [1.29, 1.82) is 0 Å². The van der Waals surface area contributed by atoms with Gasteiger partial charge in [-0.15, -0.1) is 0 Å². The number of benzene rings is 2. The van der Waals surface area contributed by atoms with Crippen LogP contribution in [-0.4, -0.2) is 13.1 Å². The Bertz CT molecular complexity index is 606. The van der Waals surface area contributed by atoms with E-state index in [4.69, 9.17) is 15.2 Å². The molecule has 0 spiro atoms. The highest BCUT2D eigenvalue weighted by Gasteiger charge is 2.14. The number of nitrogen functional groups attached to an aromatic ring is 1. The minimum Gasteiger partial charge on any atom is -0.496 e. The first kappa shape index (κ1) is 13.9. The Labute approximate surface area is 118 Å². The quantitative estimate of drug-likeness (QED) is 0.686. The van der Waals surface area contributed by atoms with Crippen LogP contribution in [0.3, 0.4) is 0 Å². The third kappa shape index (κ3) is 3.29. The van der Waals surface area contributed by atoms with Gasteiger partial charge in [-0.2, -0.15) is 0 Å². The molecular weight excluding hydrogens is 254 g/mol. The van der Waals surface area contributed by atoms with Gasteiger partial charge in [0.05, 0.1) is 7.11 Å². The van der Waals surface area contributed by atoms with E-state index in [2.05, 4.69) is 0 Å². The lowest BCUT2D eigenvalue weighted by Gasteiger charge is -2.09. The van der Waals surface area contributed by atoms with E-state index < -0.39 is 5.97 Å². The number of aryl methyl sites for hydroxylation is 1. The molecule has 2 aromatic carbocycles. The first-order valence-corrected chi connectivity index (χ1v) is 6.26. The number of ether oxygens (including phenoxy) is 2. The van der Waals surface area contributed by atoms with Gasteiger partial charge >= 0.3 is 5.97 Å². The first-order valence-electron chi connectivity index (χ1n) is 6.26. The number of carbonyl (C=O) groups is 1. The normalized spacial score (nSPS) is 10.1. The molecule has 0 saturated heterocycles. The molecule has 20 heavy (non-hydrogen) atoms. The zero-order chi connectivity index (χ0) is 14.5. The largest absolute Gasteiger partial charge is 0.496 e. The molecule has 0 aliphatic rings. The summed E-state index contributed by atoms with van der Waals surface area (Å²) in [6.45, 7) is 2.24. The summed E-state index contributed by atoms with van der Waals surface area (Å²) in [5, 5.41) is 0. The molecule has 2 N–H and O–H groups in total. The maximum Gasteiger partial charge on any atom is 0.342 e. The summed E-state index contributed by atoms with van der Waals surface area (Å²) in [4.78, 5) is 12.0. The van der Waals surface area contributed by atoms with Gasteiger partial charge in [-0.05, 0) is 24.6 Å². The van der Waals surface area contributed by atoms with E-state index in [9.17, 15) is 4.79 Å². The standard InChI is InChI=1S/C16H17NO3/c1-11-3-5-12(6-4-11)10-20-16(18)14-8-7-13(17)9-15(14)19-2/h3-9H,10,17H2,1-2H3. The fourth-order valence-corrected chi connectivity index (χ4v) is 1.79. The van der Waals surface area contributed by atoms with Crippen LogP contribution in [-0.2, 0) is 11.3 Å². The number of nitrogens with two attached hydrogens (primary N) is 1. The van der Waals surface area contributed by atoms with Crippen LogP contribution < -0.4 is 10.5 Å². The molecule has 2 rings (SSSR count). The van der Waals surface area contributed by atoms with Crippen LogP contribution in [0, 0.1) is 6.92 Å². The van der Waals surface area contributed by atoms with Crippen molar-refractivity contribution in [3.05, 3.63) is 59.2 Å². The summed E-state index contributed by atoms with van der Waals surface area (Å²) >= 11 is 0. The van der Waals surface area contributed by atoms with E-state index in [1.807, 2.05) is 31.2 Å². The number of anilines is 1. The lowest BCUT2D eigenvalue weighted by atomic mass is 10.1. The van der Waals surface area contributed by atoms with Crippen molar-refractivity contribution in [2.24, 2.45) is 0 Å². The number of hydrogen-bond donors (Lipinski definition) is 1. The molecular formula is C16H17NO3. The van der Waals surface area contributed by atoms with Crippen LogP contribution in [0.4, 0.5) is 5.69 Å². The smallest absolute Gasteiger partial charge is 0.342 e. The van der Waals surface area contributed by atoms with E-state index in [1.165, 1.54) is 12.7 Å². The number of hydrogen-bond acceptors (Lipinski definition) is 4. The zero-order valence-electron chi connectivity index (χ0n) is 11.6. The molecule has 0 aromatic heterocycles. The third-order valence-electron chi connectivity index (χ3n) is 2.94. The Hall–Kier alpha value is -2.49. The fourth-order valence-electron chi connectivity index (χ4n) is 1.79. The Morgan fingerprint density at radius 3 is 2.50 bits per heavy atom. The molecule has 4 heteroatoms. The fraction of sp³-hybridized carbons (Fsp3) is 0.188. The van der Waals surface area contributed by atoms with Crippen molar-refractivity contribution in [3.63, 3.8) is 0 Å². The number of rotatable bonds is 4. The van der Waals surface area contributed by atoms with Crippen molar-refractivity contribution in [1.82, 2.24) is 0 Å². The molecule has 2 aromatic rings. The van der Waals surface area contributed by atoms with Crippen LogP contribution in [0.5, 0.6) is 5.75 Å². The molecule has 0 aliphatic heterocycles. The monoisotopic (exact) mass is 271 g/mol. The molecule has 0 unspecified atom stereocenters. The Morgan fingerprint density at radius 2 is 1.85 bits per heavy atom. The molecule has 0 amide bonds. The number of methoxy groups -OCH3 is 1. The van der Waals surface area contributed by atoms with Crippen molar-refractivity contribution < 1.29 is 14.3 Å². The summed E-state index contributed by atoms with van der Waals surface area (Å²) in [6, 6.07) is 12.7. The summed E-state index contributed by atoms with van der Waals surface area (Å²) in [5.74, 6) is -0.0127. The molecule has 0 fully saturated rings. The summed E-state index contributed by atoms with van der Waals surface area (Å²) in [5.41, 5.74) is 8.67. The molecule has 0 atom stereocenters. The second-order valence-corrected chi connectivity index (χ2v) is 4.52. The lowest BCUT2D eigenvalue weighted by molar-refractivity contribution is 0.0469. The highest BCUT2D eigenvalue weighted by Crippen LogP contribution is 2.22. The Morgan fingerprint density at radius 1 is 1.15 bits per heavy atom. The van der Waals surface area contributed by atoms with Gasteiger partial charge in [0.15, 0.2) is 0 Å². The van der Waals surface area contributed by atoms with E-state index >= 15 is 0 Å². The van der Waals surface area contributed by atoms with E-state index in [1.54, 1.807) is 18.2 Å². The van der Waals surface area contributed by atoms with Gasteiger partial charge in [-0.1, -0.05) is 29.8 Å². The molecule has 104 valence electrons. The van der Waals surface area contributed by atoms with Crippen LogP contribution in [0.25, 0.3) is 0 Å². The predicted octanol–water partition coefficient (Wildman–Crippen LogP) is 2.94. The molecule has 4 nitrogen and oxygen atoms in total. The maximum atomic E-state index is 12.0. The van der Waals surface area contributed by atoms with Gasteiger partial charge in [0, 0.05) is 11.8 Å². The molecule has 0 bridgehead atoms. The van der Waals surface area contributed by atoms with E-state index in [0.717, 1.165) is 5.56 Å². The van der Waals surface area contributed by atoms with E-state index in [0.29, 0.717) is 17.0 Å². The van der Waals surface area contributed by atoms with Crippen LogP contribution in [0.1, 0.15) is 21.5 Å². The molecule has 0 aliphatic carbocycles. The van der Waals surface area contributed by atoms with Gasteiger partial charge in [-0.3, -0.25) is 0 Å². The van der Waals surface area contributed by atoms with Gasteiger partial charge in [0.1, 0.15) is 17.9 Å². The zero-order valence-corrected chi connectivity index (χ0v) is 11.6.